The summed E-state index contributed by atoms with van der Waals surface area (Å²) in [6.07, 6.45) is 1.15. The molecule has 0 saturated heterocycles. The van der Waals surface area contributed by atoms with E-state index in [1.54, 1.807) is 0 Å². The molecule has 1 N–H and O–H groups in total. The number of hydrogen-bond acceptors (Lipinski definition) is 1. The summed E-state index contributed by atoms with van der Waals surface area (Å²) in [5.41, 5.74) is 2.14. The third-order valence-corrected chi connectivity index (χ3v) is 3.00. The fraction of sp³-hybridized carbons (Fsp3) is 0.188. The smallest absolute Gasteiger partial charge is 1.00 e. The number of benzene rings is 2. The maximum Gasteiger partial charge on any atom is 1.00 e. The molecule has 0 atom stereocenters. The molecule has 0 fully saturated rings. The summed E-state index contributed by atoms with van der Waals surface area (Å²) in [5, 5.41) is 9.30. The summed E-state index contributed by atoms with van der Waals surface area (Å²) in [7, 11) is 0. The molecule has 2 aromatic carbocycles. The molecule has 19 heavy (non-hydrogen) atoms. The van der Waals surface area contributed by atoms with Gasteiger partial charge < -0.3 is 6.53 Å². The molecule has 0 saturated carbocycles. The fourth-order valence-electron chi connectivity index (χ4n) is 2.04. The van der Waals surface area contributed by atoms with Crippen molar-refractivity contribution in [3.8, 4) is 0 Å². The first-order valence-corrected chi connectivity index (χ1v) is 6.06. The second-order valence-electron chi connectivity index (χ2n) is 4.41. The first-order valence-electron chi connectivity index (χ1n) is 6.06. The molecular formula is C16H17LiO2. The normalized spacial score (nSPS) is 9.95. The molecule has 0 bridgehead atoms. The third kappa shape index (κ3) is 4.94. The molecule has 0 amide bonds. The van der Waals surface area contributed by atoms with E-state index >= 15 is 0 Å². The van der Waals surface area contributed by atoms with E-state index in [0.717, 1.165) is 11.1 Å². The first-order chi connectivity index (χ1) is 8.75. The van der Waals surface area contributed by atoms with Crippen LogP contribution in [0.1, 0.15) is 12.6 Å². The topological polar surface area (TPSA) is 37.3 Å². The summed E-state index contributed by atoms with van der Waals surface area (Å²) in [5.74, 6) is -1.10. The second-order valence-corrected chi connectivity index (χ2v) is 4.41. The number of rotatable bonds is 5. The van der Waals surface area contributed by atoms with E-state index in [0.29, 0.717) is 12.8 Å². The van der Waals surface area contributed by atoms with Crippen molar-refractivity contribution in [1.29, 1.82) is 0 Å². The predicted molar refractivity (Wildman–Crippen MR) is 72.5 cm³/mol. The fourth-order valence-corrected chi connectivity index (χ4v) is 2.04. The van der Waals surface area contributed by atoms with Gasteiger partial charge >= 0.3 is 24.8 Å². The Hall–Kier alpha value is -1.49. The van der Waals surface area contributed by atoms with E-state index < -0.39 is 5.97 Å². The van der Waals surface area contributed by atoms with Crippen molar-refractivity contribution in [2.75, 3.05) is 0 Å². The van der Waals surface area contributed by atoms with Crippen LogP contribution in [0.5, 0.6) is 0 Å². The van der Waals surface area contributed by atoms with Crippen LogP contribution >= 0.6 is 0 Å². The molecule has 2 aromatic rings. The van der Waals surface area contributed by atoms with Crippen molar-refractivity contribution < 1.29 is 30.2 Å². The minimum absolute atomic E-state index is 0. The summed E-state index contributed by atoms with van der Waals surface area (Å²) in [4.78, 5) is 11.3. The van der Waals surface area contributed by atoms with Gasteiger partial charge in [0.25, 0.3) is 0 Å². The molecule has 0 unspecified atom stereocenters. The first kappa shape index (κ1) is 15.6. The van der Waals surface area contributed by atoms with Crippen LogP contribution in [0, 0.1) is 5.92 Å². The average Bonchev–Trinajstić information content (AvgIpc) is 2.40. The van der Waals surface area contributed by atoms with Crippen LogP contribution in [0.25, 0.3) is 0 Å². The largest absolute Gasteiger partial charge is 1.00 e. The van der Waals surface area contributed by atoms with Crippen molar-refractivity contribution in [2.45, 2.75) is 12.8 Å². The van der Waals surface area contributed by atoms with Gasteiger partial charge in [0.15, 0.2) is 0 Å². The van der Waals surface area contributed by atoms with Gasteiger partial charge in [0.05, 0.1) is 5.92 Å². The zero-order chi connectivity index (χ0) is 12.8. The standard InChI is InChI=1S/C16H16O2.Li.H/c17-16(18)15(11-13-7-3-1-4-8-13)12-14-9-5-2-6-10-14;;/h1-10,15H,11-12H2,(H,17,18);;/q;+1;-1. The quantitative estimate of drug-likeness (QED) is 0.772. The van der Waals surface area contributed by atoms with Gasteiger partial charge in [-0.05, 0) is 24.0 Å². The Morgan fingerprint density at radius 3 is 1.58 bits per heavy atom. The van der Waals surface area contributed by atoms with Gasteiger partial charge in [0.1, 0.15) is 0 Å². The van der Waals surface area contributed by atoms with Crippen LogP contribution in [-0.2, 0) is 17.6 Å². The Bertz CT molecular complexity index is 461. The third-order valence-electron chi connectivity index (χ3n) is 3.00. The monoisotopic (exact) mass is 248 g/mol. The van der Waals surface area contributed by atoms with E-state index in [-0.39, 0.29) is 26.2 Å². The number of carboxylic acid groups (broad SMARTS) is 1. The molecule has 0 aliphatic rings. The number of hydrogen-bond donors (Lipinski definition) is 1. The van der Waals surface area contributed by atoms with E-state index in [2.05, 4.69) is 0 Å². The minimum Gasteiger partial charge on any atom is -1.00 e. The van der Waals surface area contributed by atoms with Crippen LogP contribution in [0.15, 0.2) is 60.7 Å². The van der Waals surface area contributed by atoms with Crippen LogP contribution in [0.2, 0.25) is 0 Å². The van der Waals surface area contributed by atoms with Gasteiger partial charge in [-0.2, -0.15) is 0 Å². The van der Waals surface area contributed by atoms with E-state index in [4.69, 9.17) is 0 Å². The predicted octanol–water partition coefficient (Wildman–Crippen LogP) is 0.289. The average molecular weight is 248 g/mol. The number of carbonyl (C=O) groups is 1. The molecule has 0 aromatic heterocycles. The molecule has 2 nitrogen and oxygen atoms in total. The van der Waals surface area contributed by atoms with Gasteiger partial charge in [0.2, 0.25) is 0 Å². The molecule has 0 aliphatic heterocycles. The summed E-state index contributed by atoms with van der Waals surface area (Å²) in [6.45, 7) is 0. The number of aliphatic carboxylic acids is 1. The van der Waals surface area contributed by atoms with Gasteiger partial charge in [0, 0.05) is 0 Å². The Labute approximate surface area is 127 Å². The van der Waals surface area contributed by atoms with Crippen molar-refractivity contribution in [2.24, 2.45) is 5.92 Å². The Kier molecular flexibility index (Phi) is 6.42. The van der Waals surface area contributed by atoms with E-state index in [1.165, 1.54) is 0 Å². The molecule has 94 valence electrons. The van der Waals surface area contributed by atoms with Gasteiger partial charge in [-0.15, -0.1) is 0 Å². The molecule has 2 rings (SSSR count). The van der Waals surface area contributed by atoms with E-state index in [1.807, 2.05) is 60.7 Å². The van der Waals surface area contributed by atoms with Crippen molar-refractivity contribution >= 4 is 5.97 Å². The van der Waals surface area contributed by atoms with Gasteiger partial charge in [-0.1, -0.05) is 60.7 Å². The minimum atomic E-state index is -0.734. The second kappa shape index (κ2) is 7.84. The summed E-state index contributed by atoms with van der Waals surface area (Å²) >= 11 is 0. The van der Waals surface area contributed by atoms with Crippen molar-refractivity contribution in [1.82, 2.24) is 0 Å². The number of carboxylic acids is 1. The Morgan fingerprint density at radius 1 is 0.895 bits per heavy atom. The van der Waals surface area contributed by atoms with Crippen LogP contribution < -0.4 is 18.9 Å². The van der Waals surface area contributed by atoms with Crippen molar-refractivity contribution in [3.05, 3.63) is 71.8 Å². The molecule has 0 radical (unpaired) electrons. The van der Waals surface area contributed by atoms with Gasteiger partial charge in [-0.25, -0.2) is 0 Å². The maximum absolute atomic E-state index is 11.3. The van der Waals surface area contributed by atoms with Crippen LogP contribution in [-0.4, -0.2) is 11.1 Å². The van der Waals surface area contributed by atoms with Gasteiger partial charge in [-0.3, -0.25) is 4.79 Å². The molecule has 3 heteroatoms. The zero-order valence-electron chi connectivity index (χ0n) is 12.1. The molecule has 0 heterocycles. The molecule has 0 aliphatic carbocycles. The Balaban J connectivity index is 0.00000180. The summed E-state index contributed by atoms with van der Waals surface area (Å²) < 4.78 is 0. The SMILES string of the molecule is O=C(O)C(Cc1ccccc1)Cc1ccccc1.[H-].[Li+]. The molecule has 0 spiro atoms. The maximum atomic E-state index is 11.3. The summed E-state index contributed by atoms with van der Waals surface area (Å²) in [6, 6.07) is 19.5. The zero-order valence-corrected chi connectivity index (χ0v) is 11.1. The van der Waals surface area contributed by atoms with Crippen molar-refractivity contribution in [3.63, 3.8) is 0 Å². The van der Waals surface area contributed by atoms with Crippen LogP contribution in [0.4, 0.5) is 0 Å². The van der Waals surface area contributed by atoms with E-state index in [9.17, 15) is 9.90 Å². The Morgan fingerprint density at radius 2 is 1.26 bits per heavy atom. The molecular weight excluding hydrogens is 231 g/mol. The van der Waals surface area contributed by atoms with Crippen LogP contribution in [0.3, 0.4) is 0 Å².